The van der Waals surface area contributed by atoms with Crippen LogP contribution < -0.4 is 0 Å². The van der Waals surface area contributed by atoms with E-state index in [1.165, 1.54) is 63.4 Å². The molecule has 0 radical (unpaired) electrons. The molecule has 24 heavy (non-hydrogen) atoms. The molecule has 0 saturated heterocycles. The first-order valence-corrected chi connectivity index (χ1v) is 10.6. The van der Waals surface area contributed by atoms with Crippen molar-refractivity contribution >= 4 is 0 Å². The fourth-order valence-electron chi connectivity index (χ4n) is 8.35. The lowest BCUT2D eigenvalue weighted by Crippen LogP contribution is -2.57. The molecule has 0 heterocycles. The Morgan fingerprint density at radius 3 is 2.46 bits per heavy atom. The van der Waals surface area contributed by atoms with Crippen LogP contribution in [-0.4, -0.2) is 11.2 Å². The van der Waals surface area contributed by atoms with Crippen molar-refractivity contribution in [2.24, 2.45) is 39.9 Å². The van der Waals surface area contributed by atoms with Crippen molar-refractivity contribution in [1.29, 1.82) is 0 Å². The van der Waals surface area contributed by atoms with Gasteiger partial charge < -0.3 is 5.11 Å². The highest BCUT2D eigenvalue weighted by Gasteiger charge is 2.63. The summed E-state index contributed by atoms with van der Waals surface area (Å²) in [5.74, 6) is 3.17. The summed E-state index contributed by atoms with van der Waals surface area (Å²) >= 11 is 0. The molecule has 0 aromatic heterocycles. The van der Waals surface area contributed by atoms with Crippen LogP contribution in [0.3, 0.4) is 0 Å². The lowest BCUT2D eigenvalue weighted by Gasteiger charge is -2.65. The lowest BCUT2D eigenvalue weighted by molar-refractivity contribution is -0.148. The molecule has 136 valence electrons. The Bertz CT molecular complexity index is 536. The summed E-state index contributed by atoms with van der Waals surface area (Å²) in [6.45, 7) is 14.2. The average molecular weight is 331 g/mol. The van der Waals surface area contributed by atoms with Crippen LogP contribution in [0, 0.1) is 39.9 Å². The van der Waals surface area contributed by atoms with Gasteiger partial charge in [-0.3, -0.25) is 0 Å². The zero-order valence-corrected chi connectivity index (χ0v) is 16.4. The van der Waals surface area contributed by atoms with Crippen molar-refractivity contribution < 1.29 is 5.11 Å². The number of hydrogen-bond donors (Lipinski definition) is 1. The van der Waals surface area contributed by atoms with E-state index in [2.05, 4.69) is 27.4 Å². The molecular weight excluding hydrogens is 292 g/mol. The molecular formula is C23H38O. The molecule has 0 aromatic rings. The van der Waals surface area contributed by atoms with Gasteiger partial charge in [0.1, 0.15) is 0 Å². The molecule has 8 atom stereocenters. The highest BCUT2D eigenvalue weighted by Crippen LogP contribution is 2.71. The molecule has 1 nitrogen and oxygen atoms in total. The smallest absolute Gasteiger partial charge is 0.0545 e. The van der Waals surface area contributed by atoms with E-state index in [0.29, 0.717) is 22.2 Å². The van der Waals surface area contributed by atoms with Crippen molar-refractivity contribution in [3.63, 3.8) is 0 Å². The highest BCUT2D eigenvalue weighted by molar-refractivity contribution is 5.17. The minimum atomic E-state index is -0.129. The van der Waals surface area contributed by atoms with Gasteiger partial charge >= 0.3 is 0 Å². The van der Waals surface area contributed by atoms with Gasteiger partial charge in [0.25, 0.3) is 0 Å². The Labute approximate surface area is 149 Å². The number of aliphatic hydroxyl groups excluding tert-OH is 1. The van der Waals surface area contributed by atoms with Gasteiger partial charge in [0, 0.05) is 0 Å². The third-order valence-corrected chi connectivity index (χ3v) is 9.97. The summed E-state index contributed by atoms with van der Waals surface area (Å²) < 4.78 is 0. The Balaban J connectivity index is 1.67. The van der Waals surface area contributed by atoms with Crippen molar-refractivity contribution in [2.75, 3.05) is 0 Å². The largest absolute Gasteiger partial charge is 0.393 e. The average Bonchev–Trinajstić information content (AvgIpc) is 2.86. The van der Waals surface area contributed by atoms with Crippen LogP contribution in [0.1, 0.15) is 85.5 Å². The minimum Gasteiger partial charge on any atom is -0.393 e. The molecule has 4 fully saturated rings. The molecule has 4 saturated carbocycles. The van der Waals surface area contributed by atoms with Crippen LogP contribution in [-0.2, 0) is 0 Å². The topological polar surface area (TPSA) is 20.2 Å². The summed E-state index contributed by atoms with van der Waals surface area (Å²) in [6.07, 6.45) is 12.0. The summed E-state index contributed by atoms with van der Waals surface area (Å²) in [5.41, 5.74) is 2.91. The van der Waals surface area contributed by atoms with Gasteiger partial charge in [0.05, 0.1) is 6.10 Å². The molecule has 4 aliphatic carbocycles. The van der Waals surface area contributed by atoms with Gasteiger partial charge in [-0.1, -0.05) is 32.9 Å². The van der Waals surface area contributed by atoms with Crippen LogP contribution in [0.4, 0.5) is 0 Å². The Morgan fingerprint density at radius 1 is 1.00 bits per heavy atom. The SMILES string of the molecule is C=C1CC[C@]2(C)CC[C@H]3[C@@H](CC[C@@]4(C)[C@@H]([C@H](C)O)CC[C@@H]34)[C@@]2(C)C1. The molecule has 4 aliphatic rings. The van der Waals surface area contributed by atoms with Gasteiger partial charge in [-0.25, -0.2) is 0 Å². The second-order valence-corrected chi connectivity index (χ2v) is 10.8. The maximum Gasteiger partial charge on any atom is 0.0545 e. The van der Waals surface area contributed by atoms with Gasteiger partial charge in [-0.05, 0) is 105 Å². The van der Waals surface area contributed by atoms with E-state index in [4.69, 9.17) is 0 Å². The van der Waals surface area contributed by atoms with E-state index in [1.807, 2.05) is 6.92 Å². The Hall–Kier alpha value is -0.300. The van der Waals surface area contributed by atoms with Crippen molar-refractivity contribution in [1.82, 2.24) is 0 Å². The molecule has 0 aliphatic heterocycles. The van der Waals surface area contributed by atoms with Gasteiger partial charge in [0.2, 0.25) is 0 Å². The second kappa shape index (κ2) is 5.35. The number of aliphatic hydroxyl groups is 1. The van der Waals surface area contributed by atoms with Crippen LogP contribution in [0.25, 0.3) is 0 Å². The van der Waals surface area contributed by atoms with Crippen LogP contribution in [0.5, 0.6) is 0 Å². The molecule has 4 rings (SSSR count). The number of allylic oxidation sites excluding steroid dienone is 1. The van der Waals surface area contributed by atoms with E-state index in [-0.39, 0.29) is 6.10 Å². The highest BCUT2D eigenvalue weighted by atomic mass is 16.3. The first-order chi connectivity index (χ1) is 11.2. The summed E-state index contributed by atoms with van der Waals surface area (Å²) in [5, 5.41) is 10.4. The third kappa shape index (κ3) is 2.09. The summed E-state index contributed by atoms with van der Waals surface area (Å²) in [6, 6.07) is 0. The van der Waals surface area contributed by atoms with E-state index >= 15 is 0 Å². The zero-order valence-electron chi connectivity index (χ0n) is 16.4. The molecule has 0 unspecified atom stereocenters. The van der Waals surface area contributed by atoms with Crippen LogP contribution in [0.2, 0.25) is 0 Å². The number of hydrogen-bond acceptors (Lipinski definition) is 1. The molecule has 0 spiro atoms. The monoisotopic (exact) mass is 330 g/mol. The molecule has 1 heteroatoms. The summed E-state index contributed by atoms with van der Waals surface area (Å²) in [7, 11) is 0. The van der Waals surface area contributed by atoms with Crippen LogP contribution in [0.15, 0.2) is 12.2 Å². The van der Waals surface area contributed by atoms with E-state index in [0.717, 1.165) is 17.8 Å². The van der Waals surface area contributed by atoms with E-state index < -0.39 is 0 Å². The van der Waals surface area contributed by atoms with Crippen molar-refractivity contribution in [3.05, 3.63) is 12.2 Å². The first kappa shape index (κ1) is 17.1. The van der Waals surface area contributed by atoms with Gasteiger partial charge in [-0.2, -0.15) is 0 Å². The summed E-state index contributed by atoms with van der Waals surface area (Å²) in [4.78, 5) is 0. The van der Waals surface area contributed by atoms with E-state index in [1.54, 1.807) is 0 Å². The first-order valence-electron chi connectivity index (χ1n) is 10.6. The minimum absolute atomic E-state index is 0.129. The second-order valence-electron chi connectivity index (χ2n) is 10.8. The molecule has 0 amide bonds. The predicted molar refractivity (Wildman–Crippen MR) is 101 cm³/mol. The fraction of sp³-hybridized carbons (Fsp3) is 0.913. The van der Waals surface area contributed by atoms with Gasteiger partial charge in [-0.15, -0.1) is 0 Å². The number of fused-ring (bicyclic) bond motifs is 5. The van der Waals surface area contributed by atoms with Gasteiger partial charge in [0.15, 0.2) is 0 Å². The Kier molecular flexibility index (Phi) is 3.82. The molecule has 0 bridgehead atoms. The quantitative estimate of drug-likeness (QED) is 0.587. The maximum absolute atomic E-state index is 10.4. The fourth-order valence-corrected chi connectivity index (χ4v) is 8.35. The molecule has 1 N–H and O–H groups in total. The lowest BCUT2D eigenvalue weighted by atomic mass is 9.40. The molecule has 0 aromatic carbocycles. The third-order valence-electron chi connectivity index (χ3n) is 9.97. The normalized spacial score (nSPS) is 55.5. The standard InChI is InChI=1S/C23H38O/c1-15-8-11-21(3)12-9-17-19-7-6-18(16(2)24)22(19,4)13-10-20(17)23(21,5)14-15/h16-20,24H,1,6-14H2,2-5H3/t16-,17+,18+,19-,20+,21+,22-,23+/m0/s1. The Morgan fingerprint density at radius 2 is 1.75 bits per heavy atom. The van der Waals surface area contributed by atoms with Crippen molar-refractivity contribution in [2.45, 2.75) is 91.6 Å². The maximum atomic E-state index is 10.4. The van der Waals surface area contributed by atoms with Crippen LogP contribution >= 0.6 is 0 Å². The van der Waals surface area contributed by atoms with E-state index in [9.17, 15) is 5.11 Å². The van der Waals surface area contributed by atoms with Crippen molar-refractivity contribution in [3.8, 4) is 0 Å². The number of rotatable bonds is 1. The predicted octanol–water partition coefficient (Wildman–Crippen LogP) is 5.97. The zero-order chi connectivity index (χ0) is 17.3.